The molecule has 0 unspecified atom stereocenters. The lowest BCUT2D eigenvalue weighted by molar-refractivity contribution is -0.120. The lowest BCUT2D eigenvalue weighted by Crippen LogP contribution is -2.19. The number of carbonyl (C=O) groups is 1. The third kappa shape index (κ3) is 6.19. The number of halogens is 1. The van der Waals surface area contributed by atoms with E-state index in [0.29, 0.717) is 18.1 Å². The van der Waals surface area contributed by atoms with Gasteiger partial charge in [-0.1, -0.05) is 48.0 Å². The summed E-state index contributed by atoms with van der Waals surface area (Å²) in [7, 11) is 0. The average Bonchev–Trinajstić information content (AvgIpc) is 2.71. The molecule has 0 radical (unpaired) electrons. The third-order valence-electron chi connectivity index (χ3n) is 4.57. The Morgan fingerprint density at radius 1 is 1.03 bits per heavy atom. The first-order chi connectivity index (χ1) is 14.0. The van der Waals surface area contributed by atoms with E-state index >= 15 is 0 Å². The number of hydrogen-bond donors (Lipinski definition) is 1. The molecule has 0 saturated carbocycles. The second kappa shape index (κ2) is 9.89. The lowest BCUT2D eigenvalue weighted by atomic mass is 10.0. The predicted octanol–water partition coefficient (Wildman–Crippen LogP) is 5.23. The summed E-state index contributed by atoms with van der Waals surface area (Å²) in [4.78, 5) is 12.0. The predicted molar refractivity (Wildman–Crippen MR) is 118 cm³/mol. The van der Waals surface area contributed by atoms with Crippen LogP contribution >= 0.6 is 11.6 Å². The summed E-state index contributed by atoms with van der Waals surface area (Å²) in [5.74, 6) is 0.588. The second-order valence-electron chi connectivity index (χ2n) is 6.84. The van der Waals surface area contributed by atoms with E-state index in [0.717, 1.165) is 22.4 Å². The number of rotatable bonds is 7. The number of ether oxygens (including phenoxy) is 1. The van der Waals surface area contributed by atoms with Crippen molar-refractivity contribution < 1.29 is 9.53 Å². The van der Waals surface area contributed by atoms with Crippen molar-refractivity contribution in [3.63, 3.8) is 0 Å². The zero-order valence-electron chi connectivity index (χ0n) is 16.5. The molecule has 29 heavy (non-hydrogen) atoms. The minimum absolute atomic E-state index is 0.149. The van der Waals surface area contributed by atoms with Crippen LogP contribution in [-0.2, 0) is 17.8 Å². The Balaban J connectivity index is 1.48. The van der Waals surface area contributed by atoms with Crippen LogP contribution in [0.15, 0.2) is 71.8 Å². The molecule has 0 aliphatic heterocycles. The van der Waals surface area contributed by atoms with Crippen LogP contribution in [0.1, 0.15) is 27.8 Å². The van der Waals surface area contributed by atoms with Crippen molar-refractivity contribution >= 4 is 23.7 Å². The van der Waals surface area contributed by atoms with Gasteiger partial charge >= 0.3 is 0 Å². The number of carbonyl (C=O) groups excluding carboxylic acids is 1. The maximum Gasteiger partial charge on any atom is 0.244 e. The summed E-state index contributed by atoms with van der Waals surface area (Å²) in [6, 6.07) is 21.1. The van der Waals surface area contributed by atoms with Crippen LogP contribution in [0, 0.1) is 13.8 Å². The topological polar surface area (TPSA) is 50.7 Å². The molecule has 0 aliphatic rings. The molecule has 0 aliphatic carbocycles. The Morgan fingerprint density at radius 2 is 1.79 bits per heavy atom. The van der Waals surface area contributed by atoms with Crippen molar-refractivity contribution in [3.05, 3.63) is 99.6 Å². The molecule has 3 aromatic carbocycles. The molecule has 0 atom stereocenters. The molecule has 4 nitrogen and oxygen atoms in total. The molecule has 0 saturated heterocycles. The summed E-state index contributed by atoms with van der Waals surface area (Å²) in [5.41, 5.74) is 7.73. The van der Waals surface area contributed by atoms with Gasteiger partial charge in [0.05, 0.1) is 12.6 Å². The maximum absolute atomic E-state index is 12.0. The van der Waals surface area contributed by atoms with E-state index in [4.69, 9.17) is 16.3 Å². The standard InChI is InChI=1S/C24H23ClN2O2/c1-17-7-8-20(13-18(17)2)14-24(28)27-26-15-19-9-11-22(12-10-19)29-16-21-5-3-4-6-23(21)25/h3-13,15H,14,16H2,1-2H3,(H,27,28)/b26-15-. The van der Waals surface area contributed by atoms with E-state index in [1.807, 2.05) is 73.7 Å². The fourth-order valence-electron chi connectivity index (χ4n) is 2.74. The first kappa shape index (κ1) is 20.6. The third-order valence-corrected chi connectivity index (χ3v) is 4.94. The molecule has 0 aromatic heterocycles. The number of amides is 1. The van der Waals surface area contributed by atoms with Gasteiger partial charge in [0.25, 0.3) is 0 Å². The minimum Gasteiger partial charge on any atom is -0.489 e. The van der Waals surface area contributed by atoms with Gasteiger partial charge in [-0.3, -0.25) is 4.79 Å². The summed E-state index contributed by atoms with van der Waals surface area (Å²) in [6.45, 7) is 4.50. The van der Waals surface area contributed by atoms with Gasteiger partial charge in [-0.2, -0.15) is 5.10 Å². The first-order valence-corrected chi connectivity index (χ1v) is 9.73. The second-order valence-corrected chi connectivity index (χ2v) is 7.24. The highest BCUT2D eigenvalue weighted by Crippen LogP contribution is 2.18. The van der Waals surface area contributed by atoms with Crippen molar-refractivity contribution in [3.8, 4) is 5.75 Å². The molecular weight excluding hydrogens is 384 g/mol. The summed E-state index contributed by atoms with van der Waals surface area (Å²) >= 11 is 6.13. The summed E-state index contributed by atoms with van der Waals surface area (Å²) in [6.07, 6.45) is 1.91. The molecule has 0 spiro atoms. The Bertz CT molecular complexity index is 1010. The van der Waals surface area contributed by atoms with Crippen molar-refractivity contribution in [1.82, 2.24) is 5.43 Å². The zero-order valence-corrected chi connectivity index (χ0v) is 17.2. The first-order valence-electron chi connectivity index (χ1n) is 9.35. The van der Waals surface area contributed by atoms with Gasteiger partial charge < -0.3 is 4.74 Å². The number of hydrogen-bond acceptors (Lipinski definition) is 3. The van der Waals surface area contributed by atoms with Crippen LogP contribution in [0.2, 0.25) is 5.02 Å². The normalized spacial score (nSPS) is 10.9. The molecule has 0 fully saturated rings. The molecule has 0 heterocycles. The van der Waals surface area contributed by atoms with E-state index in [2.05, 4.69) is 17.5 Å². The Kier molecular flexibility index (Phi) is 7.04. The number of aryl methyl sites for hydroxylation is 2. The van der Waals surface area contributed by atoms with Crippen LogP contribution in [0.4, 0.5) is 0 Å². The number of nitrogens with one attached hydrogen (secondary N) is 1. The molecule has 3 aromatic rings. The van der Waals surface area contributed by atoms with Gasteiger partial charge in [-0.15, -0.1) is 0 Å². The van der Waals surface area contributed by atoms with E-state index in [9.17, 15) is 4.79 Å². The molecule has 3 rings (SSSR count). The summed E-state index contributed by atoms with van der Waals surface area (Å²) < 4.78 is 5.76. The molecule has 0 bridgehead atoms. The Morgan fingerprint density at radius 3 is 2.52 bits per heavy atom. The summed E-state index contributed by atoms with van der Waals surface area (Å²) in [5, 5.41) is 4.72. The number of nitrogens with zero attached hydrogens (tertiary/aromatic N) is 1. The number of benzene rings is 3. The molecule has 1 N–H and O–H groups in total. The highest BCUT2D eigenvalue weighted by atomic mass is 35.5. The fraction of sp³-hybridized carbons (Fsp3) is 0.167. The van der Waals surface area contributed by atoms with Crippen molar-refractivity contribution in [1.29, 1.82) is 0 Å². The average molecular weight is 407 g/mol. The number of hydrazone groups is 1. The highest BCUT2D eigenvalue weighted by molar-refractivity contribution is 6.31. The van der Waals surface area contributed by atoms with E-state index in [1.165, 1.54) is 11.1 Å². The van der Waals surface area contributed by atoms with Crippen molar-refractivity contribution in [2.75, 3.05) is 0 Å². The zero-order chi connectivity index (χ0) is 20.6. The Labute approximate surface area is 176 Å². The largest absolute Gasteiger partial charge is 0.489 e. The fourth-order valence-corrected chi connectivity index (χ4v) is 2.93. The van der Waals surface area contributed by atoms with Gasteiger partial charge in [0.1, 0.15) is 12.4 Å². The van der Waals surface area contributed by atoms with E-state index in [-0.39, 0.29) is 5.91 Å². The molecule has 148 valence electrons. The maximum atomic E-state index is 12.0. The van der Waals surface area contributed by atoms with Gasteiger partial charge in [-0.25, -0.2) is 5.43 Å². The monoisotopic (exact) mass is 406 g/mol. The van der Waals surface area contributed by atoms with Crippen LogP contribution in [0.25, 0.3) is 0 Å². The van der Waals surface area contributed by atoms with E-state index in [1.54, 1.807) is 6.21 Å². The minimum atomic E-state index is -0.149. The van der Waals surface area contributed by atoms with Gasteiger partial charge in [0.2, 0.25) is 5.91 Å². The van der Waals surface area contributed by atoms with Gasteiger partial charge in [0.15, 0.2) is 0 Å². The molecule has 5 heteroatoms. The van der Waals surface area contributed by atoms with E-state index < -0.39 is 0 Å². The van der Waals surface area contributed by atoms with Crippen molar-refractivity contribution in [2.45, 2.75) is 26.9 Å². The SMILES string of the molecule is Cc1ccc(CC(=O)N/N=C\c2ccc(OCc3ccccc3Cl)cc2)cc1C. The van der Waals surface area contributed by atoms with Gasteiger partial charge in [0, 0.05) is 10.6 Å². The van der Waals surface area contributed by atoms with Gasteiger partial charge in [-0.05, 0) is 66.4 Å². The molecular formula is C24H23ClN2O2. The van der Waals surface area contributed by atoms with Crippen LogP contribution in [0.3, 0.4) is 0 Å². The van der Waals surface area contributed by atoms with Crippen LogP contribution in [-0.4, -0.2) is 12.1 Å². The smallest absolute Gasteiger partial charge is 0.244 e. The van der Waals surface area contributed by atoms with Crippen LogP contribution in [0.5, 0.6) is 5.75 Å². The van der Waals surface area contributed by atoms with Crippen molar-refractivity contribution in [2.24, 2.45) is 5.10 Å². The lowest BCUT2D eigenvalue weighted by Gasteiger charge is -2.07. The Hall–Kier alpha value is -3.11. The highest BCUT2D eigenvalue weighted by Gasteiger charge is 2.04. The quantitative estimate of drug-likeness (QED) is 0.431. The molecule has 1 amide bonds. The van der Waals surface area contributed by atoms with Crippen LogP contribution < -0.4 is 10.2 Å².